The molecule has 0 saturated heterocycles. The van der Waals surface area contributed by atoms with Crippen LogP contribution in [0.3, 0.4) is 0 Å². The maximum atomic E-state index is 11.2. The number of carboxylic acid groups (broad SMARTS) is 1. The highest BCUT2D eigenvalue weighted by atomic mass is 16.5. The number of ether oxygens (including phenoxy) is 1. The third kappa shape index (κ3) is 5.81. The van der Waals surface area contributed by atoms with Gasteiger partial charge in [-0.1, -0.05) is 43.2 Å². The summed E-state index contributed by atoms with van der Waals surface area (Å²) in [5.74, 6) is 0.235. The van der Waals surface area contributed by atoms with Crippen molar-refractivity contribution in [2.75, 3.05) is 27.7 Å². The topological polar surface area (TPSA) is 70.0 Å². The Labute approximate surface area is 167 Å². The van der Waals surface area contributed by atoms with E-state index in [1.165, 1.54) is 6.42 Å². The summed E-state index contributed by atoms with van der Waals surface area (Å²) in [5, 5.41) is 19.6. The van der Waals surface area contributed by atoms with Gasteiger partial charge in [0, 0.05) is 12.5 Å². The molecule has 0 bridgehead atoms. The molecule has 152 valence electrons. The Hall–Kier alpha value is -2.37. The van der Waals surface area contributed by atoms with Gasteiger partial charge in [-0.3, -0.25) is 0 Å². The Morgan fingerprint density at radius 1 is 1.14 bits per heavy atom. The molecule has 0 radical (unpaired) electrons. The first-order valence-electron chi connectivity index (χ1n) is 9.67. The standard InChI is InChI=1S/C16H25NO2.C7H6O2/c1-17(2)12-14-7-4-5-10-16(14,18)13-8-6-9-15(11-13)19-3;8-7(9)6-4-2-1-3-5-6/h6,8-9,11,14,18H,4-5,7,10,12H2,1-3H3;1-5H,(H,8,9)/t14-,16+;/m1./s1. The number of aromatic carboxylic acids is 1. The Bertz CT molecular complexity index is 747. The van der Waals surface area contributed by atoms with Crippen LogP contribution in [0.25, 0.3) is 0 Å². The minimum absolute atomic E-state index is 0.295. The molecule has 0 aliphatic heterocycles. The maximum Gasteiger partial charge on any atom is 0.335 e. The van der Waals surface area contributed by atoms with E-state index in [1.54, 1.807) is 37.4 Å². The van der Waals surface area contributed by atoms with E-state index in [9.17, 15) is 9.90 Å². The molecule has 1 saturated carbocycles. The molecule has 0 amide bonds. The van der Waals surface area contributed by atoms with Gasteiger partial charge in [0.25, 0.3) is 0 Å². The van der Waals surface area contributed by atoms with Crippen LogP contribution >= 0.6 is 0 Å². The van der Waals surface area contributed by atoms with E-state index in [0.717, 1.165) is 37.1 Å². The van der Waals surface area contributed by atoms with Gasteiger partial charge in [0.2, 0.25) is 0 Å². The smallest absolute Gasteiger partial charge is 0.335 e. The molecule has 1 aliphatic rings. The molecule has 28 heavy (non-hydrogen) atoms. The molecule has 2 aromatic carbocycles. The number of rotatable bonds is 5. The van der Waals surface area contributed by atoms with Gasteiger partial charge in [-0.05, 0) is 56.8 Å². The fourth-order valence-electron chi connectivity index (χ4n) is 3.76. The number of aliphatic hydroxyl groups is 1. The van der Waals surface area contributed by atoms with E-state index in [4.69, 9.17) is 9.84 Å². The molecule has 1 aliphatic carbocycles. The summed E-state index contributed by atoms with van der Waals surface area (Å²) in [6.45, 7) is 0.924. The highest BCUT2D eigenvalue weighted by molar-refractivity contribution is 5.87. The first kappa shape index (κ1) is 21.9. The second kappa shape index (κ2) is 10.2. The minimum atomic E-state index is -0.879. The van der Waals surface area contributed by atoms with E-state index in [1.807, 2.05) is 24.3 Å². The summed E-state index contributed by atoms with van der Waals surface area (Å²) < 4.78 is 5.29. The maximum absolute atomic E-state index is 11.2. The minimum Gasteiger partial charge on any atom is -0.497 e. The van der Waals surface area contributed by atoms with Crippen LogP contribution in [0.15, 0.2) is 54.6 Å². The number of benzene rings is 2. The molecule has 5 nitrogen and oxygen atoms in total. The van der Waals surface area contributed by atoms with E-state index < -0.39 is 11.6 Å². The zero-order valence-corrected chi connectivity index (χ0v) is 17.0. The van der Waals surface area contributed by atoms with Gasteiger partial charge in [0.1, 0.15) is 5.75 Å². The third-order valence-corrected chi connectivity index (χ3v) is 5.21. The number of hydrogen-bond acceptors (Lipinski definition) is 4. The number of carbonyl (C=O) groups is 1. The van der Waals surface area contributed by atoms with Crippen LogP contribution in [0.1, 0.15) is 41.6 Å². The van der Waals surface area contributed by atoms with Crippen LogP contribution in [0.4, 0.5) is 0 Å². The third-order valence-electron chi connectivity index (χ3n) is 5.21. The summed E-state index contributed by atoms with van der Waals surface area (Å²) >= 11 is 0. The zero-order valence-electron chi connectivity index (χ0n) is 17.0. The molecule has 0 aromatic heterocycles. The van der Waals surface area contributed by atoms with Crippen molar-refractivity contribution in [2.45, 2.75) is 31.3 Å². The lowest BCUT2D eigenvalue weighted by Crippen LogP contribution is -2.43. The second-order valence-electron chi connectivity index (χ2n) is 7.53. The summed E-state index contributed by atoms with van der Waals surface area (Å²) in [4.78, 5) is 12.4. The Kier molecular flexibility index (Phi) is 8.03. The largest absolute Gasteiger partial charge is 0.497 e. The van der Waals surface area contributed by atoms with Crippen molar-refractivity contribution in [3.8, 4) is 5.75 Å². The molecule has 2 aromatic rings. The van der Waals surface area contributed by atoms with Gasteiger partial charge in [-0.2, -0.15) is 0 Å². The molecule has 2 N–H and O–H groups in total. The highest BCUT2D eigenvalue weighted by Gasteiger charge is 2.40. The molecular formula is C23H31NO4. The van der Waals surface area contributed by atoms with Crippen molar-refractivity contribution < 1.29 is 19.7 Å². The predicted molar refractivity (Wildman–Crippen MR) is 111 cm³/mol. The van der Waals surface area contributed by atoms with Crippen molar-refractivity contribution in [3.63, 3.8) is 0 Å². The summed E-state index contributed by atoms with van der Waals surface area (Å²) in [6.07, 6.45) is 4.24. The molecule has 2 atom stereocenters. The molecule has 5 heteroatoms. The van der Waals surface area contributed by atoms with E-state index in [-0.39, 0.29) is 0 Å². The number of hydrogen-bond donors (Lipinski definition) is 2. The van der Waals surface area contributed by atoms with Crippen LogP contribution in [0.5, 0.6) is 5.75 Å². The van der Waals surface area contributed by atoms with Crippen molar-refractivity contribution in [3.05, 3.63) is 65.7 Å². The molecule has 0 unspecified atom stereocenters. The average molecular weight is 386 g/mol. The van der Waals surface area contributed by atoms with Crippen molar-refractivity contribution >= 4 is 5.97 Å². The number of methoxy groups -OCH3 is 1. The summed E-state index contributed by atoms with van der Waals surface area (Å²) in [6, 6.07) is 16.2. The molecule has 0 heterocycles. The zero-order chi connectivity index (χ0) is 20.6. The first-order valence-corrected chi connectivity index (χ1v) is 9.67. The number of nitrogens with zero attached hydrogens (tertiary/aromatic N) is 1. The monoisotopic (exact) mass is 385 g/mol. The normalized spacial score (nSPS) is 21.5. The quantitative estimate of drug-likeness (QED) is 0.813. The van der Waals surface area contributed by atoms with Crippen LogP contribution in [0.2, 0.25) is 0 Å². The van der Waals surface area contributed by atoms with Gasteiger partial charge in [0.15, 0.2) is 0 Å². The van der Waals surface area contributed by atoms with Crippen LogP contribution in [-0.4, -0.2) is 48.8 Å². The summed E-state index contributed by atoms with van der Waals surface area (Å²) in [5.41, 5.74) is 0.618. The number of carboxylic acids is 1. The van der Waals surface area contributed by atoms with Gasteiger partial charge in [-0.15, -0.1) is 0 Å². The average Bonchev–Trinajstić information content (AvgIpc) is 2.70. The molecule has 0 spiro atoms. The molecule has 1 fully saturated rings. The Morgan fingerprint density at radius 2 is 1.86 bits per heavy atom. The lowest BCUT2D eigenvalue weighted by atomic mass is 9.71. The fraction of sp³-hybridized carbons (Fsp3) is 0.435. The van der Waals surface area contributed by atoms with E-state index >= 15 is 0 Å². The molecule has 3 rings (SSSR count). The summed E-state index contributed by atoms with van der Waals surface area (Å²) in [7, 11) is 5.81. The fourth-order valence-corrected chi connectivity index (χ4v) is 3.76. The van der Waals surface area contributed by atoms with Gasteiger partial charge < -0.3 is 19.8 Å². The van der Waals surface area contributed by atoms with Crippen LogP contribution < -0.4 is 4.74 Å². The first-order chi connectivity index (χ1) is 13.4. The van der Waals surface area contributed by atoms with Crippen molar-refractivity contribution in [1.29, 1.82) is 0 Å². The SMILES string of the molecule is COc1cccc([C@@]2(O)CCCC[C@@H]2CN(C)C)c1.O=C(O)c1ccccc1. The molecular weight excluding hydrogens is 354 g/mol. The van der Waals surface area contributed by atoms with Crippen molar-refractivity contribution in [1.82, 2.24) is 4.90 Å². The van der Waals surface area contributed by atoms with E-state index in [2.05, 4.69) is 19.0 Å². The highest BCUT2D eigenvalue weighted by Crippen LogP contribution is 2.42. The van der Waals surface area contributed by atoms with Crippen LogP contribution in [-0.2, 0) is 5.60 Å². The van der Waals surface area contributed by atoms with Gasteiger partial charge in [-0.25, -0.2) is 4.79 Å². The Morgan fingerprint density at radius 3 is 2.43 bits per heavy atom. The van der Waals surface area contributed by atoms with Gasteiger partial charge >= 0.3 is 5.97 Å². The van der Waals surface area contributed by atoms with Gasteiger partial charge in [0.05, 0.1) is 18.3 Å². The van der Waals surface area contributed by atoms with E-state index in [0.29, 0.717) is 11.5 Å². The van der Waals surface area contributed by atoms with Crippen molar-refractivity contribution in [2.24, 2.45) is 5.92 Å². The Balaban J connectivity index is 0.000000261. The second-order valence-corrected chi connectivity index (χ2v) is 7.53. The lowest BCUT2D eigenvalue weighted by molar-refractivity contribution is -0.0619. The van der Waals surface area contributed by atoms with Crippen LogP contribution in [0, 0.1) is 5.92 Å². The lowest BCUT2D eigenvalue weighted by Gasteiger charge is -2.41. The predicted octanol–water partition coefficient (Wildman–Crippen LogP) is 4.02.